The van der Waals surface area contributed by atoms with Crippen molar-refractivity contribution in [2.24, 2.45) is 0 Å². The van der Waals surface area contributed by atoms with Crippen molar-refractivity contribution in [3.05, 3.63) is 74.0 Å². The van der Waals surface area contributed by atoms with Gasteiger partial charge in [-0.15, -0.1) is 0 Å². The molecular weight excluding hydrogens is 471 g/mol. The predicted octanol–water partition coefficient (Wildman–Crippen LogP) is 5.76. The van der Waals surface area contributed by atoms with E-state index in [0.717, 1.165) is 24.3 Å². The molecule has 0 bridgehead atoms. The first kappa shape index (κ1) is 22.7. The lowest BCUT2D eigenvalue weighted by atomic mass is 9.91. The van der Waals surface area contributed by atoms with Crippen molar-refractivity contribution in [2.75, 3.05) is 0 Å². The quantitative estimate of drug-likeness (QED) is 0.430. The van der Waals surface area contributed by atoms with Gasteiger partial charge in [0.1, 0.15) is 5.82 Å². The Morgan fingerprint density at radius 2 is 1.80 bits per heavy atom. The van der Waals surface area contributed by atoms with Gasteiger partial charge in [0.25, 0.3) is 0 Å². The maximum atomic E-state index is 14.1. The molecule has 2 aromatic carbocycles. The van der Waals surface area contributed by atoms with Crippen molar-refractivity contribution in [1.82, 2.24) is 10.8 Å². The van der Waals surface area contributed by atoms with Crippen LogP contribution in [0.2, 0.25) is 15.1 Å². The third-order valence-electron chi connectivity index (χ3n) is 4.39. The number of benzene rings is 2. The number of alkyl halides is 3. The molecule has 0 saturated heterocycles. The number of amides is 1. The molecule has 2 aromatic rings. The van der Waals surface area contributed by atoms with Gasteiger partial charge in [-0.05, 0) is 36.4 Å². The molecule has 0 radical (unpaired) electrons. The van der Waals surface area contributed by atoms with E-state index in [1.165, 1.54) is 19.1 Å². The van der Waals surface area contributed by atoms with E-state index in [1.54, 1.807) is 0 Å². The highest BCUT2D eigenvalue weighted by Gasteiger charge is 2.59. The van der Waals surface area contributed by atoms with Crippen molar-refractivity contribution >= 4 is 46.4 Å². The van der Waals surface area contributed by atoms with Gasteiger partial charge >= 0.3 is 6.18 Å². The van der Waals surface area contributed by atoms with Crippen LogP contribution in [0.3, 0.4) is 0 Å². The van der Waals surface area contributed by atoms with Crippen LogP contribution in [0.5, 0.6) is 0 Å². The van der Waals surface area contributed by atoms with E-state index >= 15 is 0 Å². The second-order valence-corrected chi connectivity index (χ2v) is 7.66. The summed E-state index contributed by atoms with van der Waals surface area (Å²) in [6.07, 6.45) is -4.10. The molecular formula is C19H13Cl3F4N2O2. The Labute approximate surface area is 183 Å². The van der Waals surface area contributed by atoms with Crippen molar-refractivity contribution < 1.29 is 27.2 Å². The van der Waals surface area contributed by atoms with Crippen molar-refractivity contribution in [3.63, 3.8) is 0 Å². The highest BCUT2D eigenvalue weighted by molar-refractivity contribution is 6.48. The molecule has 0 fully saturated rings. The summed E-state index contributed by atoms with van der Waals surface area (Å²) < 4.78 is 56.2. The number of carbonyl (C=O) groups excluding carboxylic acids is 1. The molecule has 1 aliphatic heterocycles. The van der Waals surface area contributed by atoms with Crippen LogP contribution in [0, 0.1) is 5.82 Å². The molecule has 3 rings (SSSR count). The Balaban J connectivity index is 2.08. The molecule has 4 nitrogen and oxygen atoms in total. The zero-order valence-corrected chi connectivity index (χ0v) is 17.4. The number of carbonyl (C=O) groups is 1. The lowest BCUT2D eigenvalue weighted by Gasteiger charge is -2.29. The minimum Gasteiger partial charge on any atom is -0.352 e. The summed E-state index contributed by atoms with van der Waals surface area (Å²) in [4.78, 5) is 16.1. The third kappa shape index (κ3) is 4.23. The van der Waals surface area contributed by atoms with Gasteiger partial charge < -0.3 is 5.32 Å². The number of rotatable bonds is 4. The normalized spacial score (nSPS) is 18.7. The summed E-state index contributed by atoms with van der Waals surface area (Å²) in [6, 6.07) is 5.69. The van der Waals surface area contributed by atoms with Crippen LogP contribution >= 0.6 is 34.8 Å². The second kappa shape index (κ2) is 8.26. The molecule has 1 heterocycles. The molecule has 1 amide bonds. The summed E-state index contributed by atoms with van der Waals surface area (Å²) in [5.41, 5.74) is -0.805. The molecule has 0 aliphatic carbocycles. The fraction of sp³-hybridized carbons (Fsp3) is 0.211. The Kier molecular flexibility index (Phi) is 6.25. The zero-order valence-electron chi connectivity index (χ0n) is 15.1. The van der Waals surface area contributed by atoms with Crippen LogP contribution in [0.15, 0.2) is 36.4 Å². The Morgan fingerprint density at radius 3 is 2.37 bits per heavy atom. The zero-order chi connectivity index (χ0) is 22.3. The first-order chi connectivity index (χ1) is 13.9. The SMILES string of the molecule is CC(=O)NCc1cc(C2=CC(c3cc(Cl)c(Cl)c(Cl)c3)(C(F)(F)F)ON2)ccc1F. The van der Waals surface area contributed by atoms with Crippen LogP contribution in [0.4, 0.5) is 17.6 Å². The van der Waals surface area contributed by atoms with Gasteiger partial charge in [0, 0.05) is 30.2 Å². The Morgan fingerprint density at radius 1 is 1.17 bits per heavy atom. The molecule has 0 spiro atoms. The third-order valence-corrected chi connectivity index (χ3v) is 5.58. The summed E-state index contributed by atoms with van der Waals surface area (Å²) in [5.74, 6) is -1.00. The highest BCUT2D eigenvalue weighted by atomic mass is 35.5. The van der Waals surface area contributed by atoms with Gasteiger partial charge in [0.2, 0.25) is 11.5 Å². The average molecular weight is 484 g/mol. The van der Waals surface area contributed by atoms with Gasteiger partial charge in [-0.25, -0.2) is 4.39 Å². The van der Waals surface area contributed by atoms with Crippen molar-refractivity contribution in [1.29, 1.82) is 0 Å². The first-order valence-corrected chi connectivity index (χ1v) is 9.50. The molecule has 1 unspecified atom stereocenters. The topological polar surface area (TPSA) is 50.4 Å². The van der Waals surface area contributed by atoms with Gasteiger partial charge in [-0.1, -0.05) is 34.8 Å². The molecule has 30 heavy (non-hydrogen) atoms. The lowest BCUT2D eigenvalue weighted by Crippen LogP contribution is -2.42. The van der Waals surface area contributed by atoms with Gasteiger partial charge in [-0.2, -0.15) is 13.2 Å². The number of hydroxylamine groups is 1. The summed E-state index contributed by atoms with van der Waals surface area (Å²) >= 11 is 17.7. The van der Waals surface area contributed by atoms with Crippen LogP contribution in [0.25, 0.3) is 5.70 Å². The van der Waals surface area contributed by atoms with E-state index in [0.29, 0.717) is 0 Å². The standard InChI is InChI=1S/C19H13Cl3F4N2O2/c1-9(29)27-8-11-4-10(2-3-15(11)23)16-7-18(30-28-16,19(24,25)26)12-5-13(20)17(22)14(21)6-12/h2-7,28H,8H2,1H3,(H,27,29). The monoisotopic (exact) mass is 482 g/mol. The van der Waals surface area contributed by atoms with E-state index in [9.17, 15) is 22.4 Å². The molecule has 2 N–H and O–H groups in total. The van der Waals surface area contributed by atoms with Crippen LogP contribution in [0.1, 0.15) is 23.6 Å². The molecule has 160 valence electrons. The summed E-state index contributed by atoms with van der Waals surface area (Å²) in [5, 5.41) is 2.00. The minimum atomic E-state index is -4.90. The van der Waals surface area contributed by atoms with Gasteiger partial charge in [0.05, 0.1) is 20.8 Å². The van der Waals surface area contributed by atoms with E-state index in [-0.39, 0.29) is 44.3 Å². The van der Waals surface area contributed by atoms with E-state index in [4.69, 9.17) is 39.6 Å². The highest BCUT2D eigenvalue weighted by Crippen LogP contribution is 2.49. The minimum absolute atomic E-state index is 0.0569. The van der Waals surface area contributed by atoms with E-state index in [1.807, 2.05) is 0 Å². The first-order valence-electron chi connectivity index (χ1n) is 8.36. The van der Waals surface area contributed by atoms with E-state index < -0.39 is 23.2 Å². The predicted molar refractivity (Wildman–Crippen MR) is 105 cm³/mol. The molecule has 0 saturated carbocycles. The van der Waals surface area contributed by atoms with Gasteiger partial charge in [0.15, 0.2) is 0 Å². The van der Waals surface area contributed by atoms with E-state index in [2.05, 4.69) is 10.8 Å². The number of hydrogen-bond acceptors (Lipinski definition) is 3. The maximum absolute atomic E-state index is 14.1. The fourth-order valence-electron chi connectivity index (χ4n) is 2.85. The molecule has 11 heteroatoms. The largest absolute Gasteiger partial charge is 0.428 e. The summed E-state index contributed by atoms with van der Waals surface area (Å²) in [7, 11) is 0. The van der Waals surface area contributed by atoms with Crippen LogP contribution in [-0.2, 0) is 21.8 Å². The second-order valence-electron chi connectivity index (χ2n) is 6.47. The Hall–Kier alpha value is -2.00. The molecule has 1 atom stereocenters. The maximum Gasteiger partial charge on any atom is 0.428 e. The van der Waals surface area contributed by atoms with Crippen LogP contribution < -0.4 is 10.8 Å². The number of hydrogen-bond donors (Lipinski definition) is 2. The molecule has 1 aliphatic rings. The average Bonchev–Trinajstić information content (AvgIpc) is 3.11. The van der Waals surface area contributed by atoms with Gasteiger partial charge in [-0.3, -0.25) is 15.1 Å². The van der Waals surface area contributed by atoms with Crippen molar-refractivity contribution in [3.8, 4) is 0 Å². The Bertz CT molecular complexity index is 1020. The summed E-state index contributed by atoms with van der Waals surface area (Å²) in [6.45, 7) is 1.13. The van der Waals surface area contributed by atoms with Crippen LogP contribution in [-0.4, -0.2) is 12.1 Å². The van der Waals surface area contributed by atoms with Crippen molar-refractivity contribution in [2.45, 2.75) is 25.2 Å². The lowest BCUT2D eigenvalue weighted by molar-refractivity contribution is -0.269. The number of nitrogens with one attached hydrogen (secondary N) is 2. The number of halogens is 7. The smallest absolute Gasteiger partial charge is 0.352 e. The molecule has 0 aromatic heterocycles. The fourth-order valence-corrected chi connectivity index (χ4v) is 3.45.